The van der Waals surface area contributed by atoms with Crippen LogP contribution in [0.5, 0.6) is 0 Å². The fourth-order valence-electron chi connectivity index (χ4n) is 0.719. The lowest BCUT2D eigenvalue weighted by Gasteiger charge is -2.12. The second-order valence-electron chi connectivity index (χ2n) is 1.85. The van der Waals surface area contributed by atoms with Crippen molar-refractivity contribution < 1.29 is 4.39 Å². The summed E-state index contributed by atoms with van der Waals surface area (Å²) in [6.45, 7) is 1.47. The van der Waals surface area contributed by atoms with Crippen molar-refractivity contribution in [1.29, 1.82) is 0 Å². The second-order valence-corrected chi connectivity index (χ2v) is 1.85. The molecule has 0 bridgehead atoms. The van der Waals surface area contributed by atoms with Gasteiger partial charge in [0, 0.05) is 13.1 Å². The molecule has 2 heteroatoms. The lowest BCUT2D eigenvalue weighted by atomic mass is 10.1. The van der Waals surface area contributed by atoms with Crippen molar-refractivity contribution in [3.05, 3.63) is 0 Å². The zero-order chi connectivity index (χ0) is 5.11. The highest BCUT2D eigenvalue weighted by Crippen LogP contribution is 2.05. The van der Waals surface area contributed by atoms with Crippen molar-refractivity contribution in [1.82, 2.24) is 5.32 Å². The molecule has 0 aliphatic carbocycles. The summed E-state index contributed by atoms with van der Waals surface area (Å²) in [7, 11) is 0. The second kappa shape index (κ2) is 2.26. The maximum atomic E-state index is 12.1. The van der Waals surface area contributed by atoms with Crippen LogP contribution in [0.2, 0.25) is 0 Å². The summed E-state index contributed by atoms with van der Waals surface area (Å²) < 4.78 is 12.1. The van der Waals surface area contributed by atoms with Gasteiger partial charge in [0.15, 0.2) is 0 Å². The molecule has 0 amide bonds. The van der Waals surface area contributed by atoms with Crippen molar-refractivity contribution in [3.8, 4) is 0 Å². The van der Waals surface area contributed by atoms with Crippen LogP contribution in [0.4, 0.5) is 4.39 Å². The van der Waals surface area contributed by atoms with Gasteiger partial charge in [-0.3, -0.25) is 0 Å². The number of halogens is 1. The number of nitrogens with zero attached hydrogens (tertiary/aromatic N) is 1. The van der Waals surface area contributed by atoms with Gasteiger partial charge in [-0.25, -0.2) is 9.71 Å². The summed E-state index contributed by atoms with van der Waals surface area (Å²) in [6.07, 6.45) is 0.748. The Balaban J connectivity index is 2.12. The van der Waals surface area contributed by atoms with Gasteiger partial charge in [-0.1, -0.05) is 0 Å². The molecule has 0 aromatic heterocycles. The molecule has 0 spiro atoms. The lowest BCUT2D eigenvalue weighted by molar-refractivity contribution is 0.260. The van der Waals surface area contributed by atoms with Crippen LogP contribution in [-0.2, 0) is 0 Å². The Morgan fingerprint density at radius 1 is 1.29 bits per heavy atom. The summed E-state index contributed by atoms with van der Waals surface area (Å²) in [4.78, 5) is 0. The van der Waals surface area contributed by atoms with E-state index >= 15 is 0 Å². The van der Waals surface area contributed by atoms with E-state index in [-0.39, 0.29) is 0 Å². The molecule has 0 saturated carbocycles. The third kappa shape index (κ3) is 1.43. The Morgan fingerprint density at radius 3 is 2.14 bits per heavy atom. The van der Waals surface area contributed by atoms with Crippen LogP contribution < -0.4 is 5.32 Å². The molecule has 0 N–H and O–H groups in total. The molecule has 41 valence electrons. The molecule has 0 aromatic rings. The van der Waals surface area contributed by atoms with Gasteiger partial charge in [0.25, 0.3) is 0 Å². The topological polar surface area (TPSA) is 14.1 Å². The third-order valence-corrected chi connectivity index (χ3v) is 1.20. The molecule has 0 unspecified atom stereocenters. The molecule has 7 heavy (non-hydrogen) atoms. The Labute approximate surface area is 42.9 Å². The van der Waals surface area contributed by atoms with Crippen LogP contribution in [-0.4, -0.2) is 19.3 Å². The molecule has 1 heterocycles. The van der Waals surface area contributed by atoms with Gasteiger partial charge >= 0.3 is 0 Å². The molecule has 1 nitrogen and oxygen atoms in total. The van der Waals surface area contributed by atoms with Gasteiger partial charge in [0.1, 0.15) is 6.17 Å². The van der Waals surface area contributed by atoms with E-state index in [1.807, 2.05) is 0 Å². The van der Waals surface area contributed by atoms with Crippen LogP contribution in [0, 0.1) is 0 Å². The molecule has 1 aliphatic rings. The normalized spacial score (nSPS) is 25.3. The average molecular weight is 102 g/mol. The maximum absolute atomic E-state index is 12.1. The SMILES string of the molecule is FC1CC[N]CC1. The first-order valence-corrected chi connectivity index (χ1v) is 2.67. The van der Waals surface area contributed by atoms with Crippen LogP contribution >= 0.6 is 0 Å². The Bertz CT molecular complexity index is 50.0. The van der Waals surface area contributed by atoms with E-state index in [9.17, 15) is 4.39 Å². The van der Waals surface area contributed by atoms with Gasteiger partial charge in [0.2, 0.25) is 0 Å². The molecular weight excluding hydrogens is 93.1 g/mol. The van der Waals surface area contributed by atoms with E-state index in [2.05, 4.69) is 5.32 Å². The fraction of sp³-hybridized carbons (Fsp3) is 1.00. The zero-order valence-electron chi connectivity index (χ0n) is 4.23. The van der Waals surface area contributed by atoms with E-state index in [1.165, 1.54) is 0 Å². The van der Waals surface area contributed by atoms with E-state index in [1.54, 1.807) is 0 Å². The molecule has 1 fully saturated rings. The molecule has 0 aromatic carbocycles. The molecule has 0 atom stereocenters. The summed E-state index contributed by atoms with van der Waals surface area (Å²) >= 11 is 0. The molecular formula is C5H9FN. The highest BCUT2D eigenvalue weighted by atomic mass is 19.1. The lowest BCUT2D eigenvalue weighted by Crippen LogP contribution is -2.22. The monoisotopic (exact) mass is 102 g/mol. The van der Waals surface area contributed by atoms with Gasteiger partial charge in [-0.15, -0.1) is 0 Å². The highest BCUT2D eigenvalue weighted by Gasteiger charge is 2.10. The number of hydrogen-bond acceptors (Lipinski definition) is 0. The van der Waals surface area contributed by atoms with Crippen molar-refractivity contribution in [2.24, 2.45) is 0 Å². The van der Waals surface area contributed by atoms with Crippen LogP contribution in [0.3, 0.4) is 0 Å². The van der Waals surface area contributed by atoms with E-state index in [0.717, 1.165) is 13.1 Å². The summed E-state index contributed by atoms with van der Waals surface area (Å²) in [5.74, 6) is 0. The van der Waals surface area contributed by atoms with Crippen molar-refractivity contribution in [3.63, 3.8) is 0 Å². The first-order chi connectivity index (χ1) is 3.39. The van der Waals surface area contributed by atoms with Crippen LogP contribution in [0.1, 0.15) is 12.8 Å². The number of hydrogen-bond donors (Lipinski definition) is 0. The van der Waals surface area contributed by atoms with Gasteiger partial charge in [0.05, 0.1) is 0 Å². The largest absolute Gasteiger partial charge is 0.247 e. The molecule has 1 rings (SSSR count). The van der Waals surface area contributed by atoms with Crippen LogP contribution in [0.25, 0.3) is 0 Å². The van der Waals surface area contributed by atoms with Crippen molar-refractivity contribution >= 4 is 0 Å². The molecule has 1 saturated heterocycles. The zero-order valence-corrected chi connectivity index (χ0v) is 4.23. The first kappa shape index (κ1) is 5.04. The summed E-state index contributed by atoms with van der Waals surface area (Å²) in [5.41, 5.74) is 0. The van der Waals surface area contributed by atoms with E-state index in [4.69, 9.17) is 0 Å². The smallest absolute Gasteiger partial charge is 0.103 e. The van der Waals surface area contributed by atoms with Crippen molar-refractivity contribution in [2.45, 2.75) is 19.0 Å². The minimum atomic E-state index is -0.558. The third-order valence-electron chi connectivity index (χ3n) is 1.20. The van der Waals surface area contributed by atoms with Gasteiger partial charge in [-0.05, 0) is 12.8 Å². The quantitative estimate of drug-likeness (QED) is 0.428. The minimum Gasteiger partial charge on any atom is -0.247 e. The Hall–Kier alpha value is -0.110. The van der Waals surface area contributed by atoms with E-state index < -0.39 is 6.17 Å². The summed E-state index contributed by atoms with van der Waals surface area (Å²) in [5, 5.41) is 3.99. The maximum Gasteiger partial charge on any atom is 0.103 e. The minimum absolute atomic E-state index is 0.558. The fourth-order valence-corrected chi connectivity index (χ4v) is 0.719. The number of piperidine rings is 1. The number of alkyl halides is 1. The van der Waals surface area contributed by atoms with E-state index in [0.29, 0.717) is 12.8 Å². The van der Waals surface area contributed by atoms with Crippen molar-refractivity contribution in [2.75, 3.05) is 13.1 Å². The Kier molecular flexibility index (Phi) is 1.63. The predicted octanol–water partition coefficient (Wildman–Crippen LogP) is 0.723. The number of rotatable bonds is 0. The average Bonchev–Trinajstić information content (AvgIpc) is 1.69. The summed E-state index contributed by atoms with van der Waals surface area (Å²) in [6, 6.07) is 0. The Morgan fingerprint density at radius 2 is 1.86 bits per heavy atom. The van der Waals surface area contributed by atoms with Gasteiger partial charge < -0.3 is 0 Å². The molecule has 1 aliphatic heterocycles. The van der Waals surface area contributed by atoms with Gasteiger partial charge in [-0.2, -0.15) is 0 Å². The van der Waals surface area contributed by atoms with Crippen LogP contribution in [0.15, 0.2) is 0 Å². The highest BCUT2D eigenvalue weighted by molar-refractivity contribution is 4.65. The first-order valence-electron chi connectivity index (χ1n) is 2.67. The molecule has 1 radical (unpaired) electrons. The predicted molar refractivity (Wildman–Crippen MR) is 26.0 cm³/mol. The standard InChI is InChI=1S/C5H9FN/c6-5-1-3-7-4-2-5/h5H,1-4H2.